The molecule has 2 heteroatoms. The molecule has 0 saturated carbocycles. The second kappa shape index (κ2) is 3.38. The van der Waals surface area contributed by atoms with Gasteiger partial charge in [0.1, 0.15) is 0 Å². The first-order chi connectivity index (χ1) is 6.33. The summed E-state index contributed by atoms with van der Waals surface area (Å²) in [5, 5.41) is 8.90. The maximum absolute atomic E-state index is 8.90. The zero-order valence-electron chi connectivity index (χ0n) is 7.95. The smallest absolute Gasteiger partial charge is 0.0471 e. The van der Waals surface area contributed by atoms with Gasteiger partial charge in [0.05, 0.1) is 0 Å². The Kier molecular flexibility index (Phi) is 2.23. The normalized spacial score (nSPS) is 14.8. The summed E-state index contributed by atoms with van der Waals surface area (Å²) in [5.74, 6) is 0. The third-order valence-electron chi connectivity index (χ3n) is 2.74. The zero-order valence-corrected chi connectivity index (χ0v) is 7.95. The molecule has 0 fully saturated rings. The molecular weight excluding hydrogens is 162 g/mol. The predicted molar refractivity (Wildman–Crippen MR) is 54.2 cm³/mol. The van der Waals surface area contributed by atoms with Gasteiger partial charge in [-0.05, 0) is 30.0 Å². The van der Waals surface area contributed by atoms with E-state index in [1.165, 1.54) is 16.8 Å². The molecule has 0 saturated heterocycles. The van der Waals surface area contributed by atoms with E-state index < -0.39 is 0 Å². The van der Waals surface area contributed by atoms with Gasteiger partial charge >= 0.3 is 0 Å². The minimum absolute atomic E-state index is 0.250. The Morgan fingerprint density at radius 3 is 3.08 bits per heavy atom. The molecule has 2 nitrogen and oxygen atoms in total. The van der Waals surface area contributed by atoms with Gasteiger partial charge in [0.15, 0.2) is 0 Å². The summed E-state index contributed by atoms with van der Waals surface area (Å²) >= 11 is 0. The number of benzene rings is 1. The first kappa shape index (κ1) is 8.57. The second-order valence-electron chi connectivity index (χ2n) is 3.56. The molecule has 1 aliphatic rings. The van der Waals surface area contributed by atoms with Crippen LogP contribution in [0, 0.1) is 0 Å². The number of aliphatic hydroxyl groups is 1. The van der Waals surface area contributed by atoms with E-state index in [2.05, 4.69) is 30.1 Å². The van der Waals surface area contributed by atoms with Crippen molar-refractivity contribution in [2.24, 2.45) is 0 Å². The van der Waals surface area contributed by atoms with Crippen LogP contribution < -0.4 is 4.90 Å². The van der Waals surface area contributed by atoms with E-state index in [0.29, 0.717) is 0 Å². The van der Waals surface area contributed by atoms with Gasteiger partial charge < -0.3 is 10.0 Å². The molecule has 1 aromatic carbocycles. The predicted octanol–water partition coefficient (Wildman–Crippen LogP) is 1.21. The van der Waals surface area contributed by atoms with Crippen LogP contribution in [0.2, 0.25) is 0 Å². The molecule has 0 amide bonds. The van der Waals surface area contributed by atoms with E-state index in [-0.39, 0.29) is 6.61 Å². The van der Waals surface area contributed by atoms with Crippen molar-refractivity contribution < 1.29 is 5.11 Å². The lowest BCUT2D eigenvalue weighted by Crippen LogP contribution is -2.12. The lowest BCUT2D eigenvalue weighted by atomic mass is 10.0. The highest BCUT2D eigenvalue weighted by Crippen LogP contribution is 2.29. The SMILES string of the molecule is CN1CCc2c(CCO)cccc21. The van der Waals surface area contributed by atoms with Gasteiger partial charge in [-0.3, -0.25) is 0 Å². The van der Waals surface area contributed by atoms with Crippen LogP contribution >= 0.6 is 0 Å². The average molecular weight is 177 g/mol. The summed E-state index contributed by atoms with van der Waals surface area (Å²) in [5.41, 5.74) is 4.08. The van der Waals surface area contributed by atoms with Gasteiger partial charge in [0, 0.05) is 25.9 Å². The second-order valence-corrected chi connectivity index (χ2v) is 3.56. The van der Waals surface area contributed by atoms with Gasteiger partial charge in [-0.1, -0.05) is 12.1 Å². The van der Waals surface area contributed by atoms with Crippen LogP contribution in [0.3, 0.4) is 0 Å². The Labute approximate surface area is 78.8 Å². The van der Waals surface area contributed by atoms with E-state index in [0.717, 1.165) is 19.4 Å². The van der Waals surface area contributed by atoms with E-state index in [1.54, 1.807) is 0 Å². The van der Waals surface area contributed by atoms with Crippen LogP contribution in [-0.2, 0) is 12.8 Å². The van der Waals surface area contributed by atoms with Crippen LogP contribution in [-0.4, -0.2) is 25.3 Å². The highest BCUT2D eigenvalue weighted by molar-refractivity contribution is 5.60. The molecule has 1 N–H and O–H groups in total. The highest BCUT2D eigenvalue weighted by atomic mass is 16.2. The minimum atomic E-state index is 0.250. The van der Waals surface area contributed by atoms with Gasteiger partial charge in [0.2, 0.25) is 0 Å². The number of hydrogen-bond donors (Lipinski definition) is 1. The molecule has 0 spiro atoms. The molecule has 1 aliphatic heterocycles. The van der Waals surface area contributed by atoms with Crippen LogP contribution in [0.15, 0.2) is 18.2 Å². The topological polar surface area (TPSA) is 23.5 Å². The van der Waals surface area contributed by atoms with Crippen molar-refractivity contribution in [2.45, 2.75) is 12.8 Å². The van der Waals surface area contributed by atoms with Crippen LogP contribution in [0.5, 0.6) is 0 Å². The molecule has 70 valence electrons. The van der Waals surface area contributed by atoms with Crippen LogP contribution in [0.1, 0.15) is 11.1 Å². The van der Waals surface area contributed by atoms with Gasteiger partial charge in [-0.2, -0.15) is 0 Å². The fraction of sp³-hybridized carbons (Fsp3) is 0.455. The number of aliphatic hydroxyl groups excluding tert-OH is 1. The van der Waals surface area contributed by atoms with Gasteiger partial charge in [0.25, 0.3) is 0 Å². The van der Waals surface area contributed by atoms with Crippen LogP contribution in [0.4, 0.5) is 5.69 Å². The van der Waals surface area contributed by atoms with E-state index >= 15 is 0 Å². The van der Waals surface area contributed by atoms with E-state index in [4.69, 9.17) is 5.11 Å². The summed E-state index contributed by atoms with van der Waals surface area (Å²) < 4.78 is 0. The summed E-state index contributed by atoms with van der Waals surface area (Å²) in [6.07, 6.45) is 1.92. The summed E-state index contributed by atoms with van der Waals surface area (Å²) in [7, 11) is 2.12. The molecular formula is C11H15NO. The number of nitrogens with zero attached hydrogens (tertiary/aromatic N) is 1. The quantitative estimate of drug-likeness (QED) is 0.734. The van der Waals surface area contributed by atoms with Crippen molar-refractivity contribution in [3.63, 3.8) is 0 Å². The molecule has 1 heterocycles. The van der Waals surface area contributed by atoms with Gasteiger partial charge in [-0.25, -0.2) is 0 Å². The Morgan fingerprint density at radius 2 is 2.31 bits per heavy atom. The largest absolute Gasteiger partial charge is 0.396 e. The third-order valence-corrected chi connectivity index (χ3v) is 2.74. The molecule has 0 unspecified atom stereocenters. The van der Waals surface area contributed by atoms with Crippen molar-refractivity contribution in [3.8, 4) is 0 Å². The summed E-state index contributed by atoms with van der Waals surface area (Å²) in [6.45, 7) is 1.36. The van der Waals surface area contributed by atoms with Crippen molar-refractivity contribution in [2.75, 3.05) is 25.1 Å². The Balaban J connectivity index is 2.38. The first-order valence-electron chi connectivity index (χ1n) is 4.75. The molecule has 0 aliphatic carbocycles. The maximum Gasteiger partial charge on any atom is 0.0471 e. The molecule has 0 bridgehead atoms. The molecule has 1 aromatic rings. The van der Waals surface area contributed by atoms with Crippen molar-refractivity contribution in [3.05, 3.63) is 29.3 Å². The van der Waals surface area contributed by atoms with E-state index in [1.807, 2.05) is 0 Å². The van der Waals surface area contributed by atoms with Crippen molar-refractivity contribution in [1.29, 1.82) is 0 Å². The maximum atomic E-state index is 8.90. The van der Waals surface area contributed by atoms with Crippen molar-refractivity contribution >= 4 is 5.69 Å². The number of hydrogen-bond acceptors (Lipinski definition) is 2. The number of rotatable bonds is 2. The lowest BCUT2D eigenvalue weighted by molar-refractivity contribution is 0.299. The highest BCUT2D eigenvalue weighted by Gasteiger charge is 2.17. The molecule has 0 aromatic heterocycles. The lowest BCUT2D eigenvalue weighted by Gasteiger charge is -2.12. The van der Waals surface area contributed by atoms with Crippen LogP contribution in [0.25, 0.3) is 0 Å². The Hall–Kier alpha value is -1.02. The van der Waals surface area contributed by atoms with Crippen molar-refractivity contribution in [1.82, 2.24) is 0 Å². The standard InChI is InChI=1S/C11H15NO/c1-12-7-5-10-9(6-8-13)3-2-4-11(10)12/h2-4,13H,5-8H2,1H3. The summed E-state index contributed by atoms with van der Waals surface area (Å²) in [6, 6.07) is 6.35. The average Bonchev–Trinajstić information content (AvgIpc) is 2.50. The minimum Gasteiger partial charge on any atom is -0.396 e. The zero-order chi connectivity index (χ0) is 9.26. The fourth-order valence-corrected chi connectivity index (χ4v) is 2.02. The Bertz CT molecular complexity index is 309. The fourth-order valence-electron chi connectivity index (χ4n) is 2.02. The first-order valence-corrected chi connectivity index (χ1v) is 4.75. The Morgan fingerprint density at radius 1 is 1.46 bits per heavy atom. The number of anilines is 1. The number of fused-ring (bicyclic) bond motifs is 1. The molecule has 13 heavy (non-hydrogen) atoms. The molecule has 2 rings (SSSR count). The third kappa shape index (κ3) is 1.42. The molecule has 0 radical (unpaired) electrons. The molecule has 0 atom stereocenters. The van der Waals surface area contributed by atoms with E-state index in [9.17, 15) is 0 Å². The summed E-state index contributed by atoms with van der Waals surface area (Å²) in [4.78, 5) is 2.27. The monoisotopic (exact) mass is 177 g/mol. The number of likely N-dealkylation sites (N-methyl/N-ethyl adjacent to an activating group) is 1. The van der Waals surface area contributed by atoms with Gasteiger partial charge in [-0.15, -0.1) is 0 Å².